The van der Waals surface area contributed by atoms with Gasteiger partial charge >= 0.3 is 0 Å². The number of pyridine rings is 1. The van der Waals surface area contributed by atoms with Crippen molar-refractivity contribution in [2.75, 3.05) is 4.72 Å². The van der Waals surface area contributed by atoms with Crippen molar-refractivity contribution in [2.45, 2.75) is 11.8 Å². The first kappa shape index (κ1) is 15.2. The molecule has 21 heavy (non-hydrogen) atoms. The van der Waals surface area contributed by atoms with Gasteiger partial charge in [0, 0.05) is 18.0 Å². The first-order valence-electron chi connectivity index (χ1n) is 5.69. The molecule has 0 amide bonds. The lowest BCUT2D eigenvalue weighted by Crippen LogP contribution is -2.13. The Morgan fingerprint density at radius 1 is 1.29 bits per heavy atom. The van der Waals surface area contributed by atoms with Crippen molar-refractivity contribution in [3.05, 3.63) is 57.4 Å². The molecular weight excluding hydrogens is 318 g/mol. The summed E-state index contributed by atoms with van der Waals surface area (Å²) in [7, 11) is -3.94. The summed E-state index contributed by atoms with van der Waals surface area (Å²) in [6.07, 6.45) is 1.46. The highest BCUT2D eigenvalue weighted by atomic mass is 35.5. The van der Waals surface area contributed by atoms with Crippen LogP contribution in [-0.2, 0) is 10.0 Å². The summed E-state index contributed by atoms with van der Waals surface area (Å²) in [5.74, 6) is 0. The summed E-state index contributed by atoms with van der Waals surface area (Å²) in [5.41, 5.74) is 0.489. The number of rotatable bonds is 4. The Kier molecular flexibility index (Phi) is 4.10. The van der Waals surface area contributed by atoms with Crippen LogP contribution in [0.5, 0.6) is 0 Å². The number of nitrogens with one attached hydrogen (secondary N) is 1. The van der Waals surface area contributed by atoms with E-state index in [1.807, 2.05) is 0 Å². The minimum Gasteiger partial charge on any atom is -0.280 e. The molecule has 1 aromatic carbocycles. The summed E-state index contributed by atoms with van der Waals surface area (Å²) in [6, 6.07) is 6.31. The number of nitro groups is 1. The van der Waals surface area contributed by atoms with Crippen molar-refractivity contribution in [1.29, 1.82) is 0 Å². The molecule has 0 saturated heterocycles. The van der Waals surface area contributed by atoms with Crippen LogP contribution in [0.4, 0.5) is 11.4 Å². The molecule has 7 nitrogen and oxygen atoms in total. The van der Waals surface area contributed by atoms with Gasteiger partial charge in [0.05, 0.1) is 15.5 Å². The van der Waals surface area contributed by atoms with Crippen molar-refractivity contribution >= 4 is 33.0 Å². The fourth-order valence-electron chi connectivity index (χ4n) is 1.62. The smallest absolute Gasteiger partial charge is 0.280 e. The molecule has 1 N–H and O–H groups in total. The summed E-state index contributed by atoms with van der Waals surface area (Å²) < 4.78 is 26.7. The molecule has 1 heterocycles. The van der Waals surface area contributed by atoms with E-state index in [-0.39, 0.29) is 9.92 Å². The minimum atomic E-state index is -3.94. The molecule has 0 aliphatic rings. The third-order valence-electron chi connectivity index (χ3n) is 2.57. The number of nitrogens with zero attached hydrogens (tertiary/aromatic N) is 2. The van der Waals surface area contributed by atoms with E-state index in [0.29, 0.717) is 11.4 Å². The average molecular weight is 328 g/mol. The lowest BCUT2D eigenvalue weighted by molar-refractivity contribution is -0.384. The van der Waals surface area contributed by atoms with Gasteiger partial charge in [-0.05, 0) is 31.2 Å². The largest absolute Gasteiger partial charge is 0.289 e. The summed E-state index contributed by atoms with van der Waals surface area (Å²) in [6.45, 7) is 1.71. The van der Waals surface area contributed by atoms with Gasteiger partial charge in [0.15, 0.2) is 0 Å². The standard InChI is InChI=1S/C12H10ClN3O4S/c1-8-6-9(4-5-14-8)15-21(19,20)10-2-3-11(13)12(7-10)16(17)18/h2-7H,1H3,(H,14,15). The second kappa shape index (κ2) is 5.66. The van der Waals surface area contributed by atoms with Crippen LogP contribution in [0.25, 0.3) is 0 Å². The molecule has 0 aliphatic carbocycles. The van der Waals surface area contributed by atoms with Crippen LogP contribution >= 0.6 is 11.6 Å². The Balaban J connectivity index is 2.40. The van der Waals surface area contributed by atoms with E-state index in [1.165, 1.54) is 24.4 Å². The summed E-state index contributed by atoms with van der Waals surface area (Å²) >= 11 is 5.66. The zero-order valence-corrected chi connectivity index (χ0v) is 12.4. The predicted octanol–water partition coefficient (Wildman–Crippen LogP) is 2.75. The molecule has 2 aromatic rings. The number of hydrogen-bond acceptors (Lipinski definition) is 5. The monoisotopic (exact) mass is 327 g/mol. The van der Waals surface area contributed by atoms with E-state index < -0.39 is 20.6 Å². The van der Waals surface area contributed by atoms with Crippen LogP contribution in [0.15, 0.2) is 41.4 Å². The van der Waals surface area contributed by atoms with Gasteiger partial charge in [-0.25, -0.2) is 8.42 Å². The molecule has 110 valence electrons. The topological polar surface area (TPSA) is 102 Å². The van der Waals surface area contributed by atoms with E-state index in [2.05, 4.69) is 9.71 Å². The van der Waals surface area contributed by atoms with Gasteiger partial charge in [0.25, 0.3) is 15.7 Å². The highest BCUT2D eigenvalue weighted by Crippen LogP contribution is 2.28. The fourth-order valence-corrected chi connectivity index (χ4v) is 2.88. The Hall–Kier alpha value is -2.19. The van der Waals surface area contributed by atoms with Crippen molar-refractivity contribution in [3.8, 4) is 0 Å². The maximum atomic E-state index is 12.2. The second-order valence-electron chi connectivity index (χ2n) is 4.16. The van der Waals surface area contributed by atoms with Gasteiger partial charge in [-0.1, -0.05) is 11.6 Å². The van der Waals surface area contributed by atoms with Crippen LogP contribution in [0.2, 0.25) is 5.02 Å². The van der Waals surface area contributed by atoms with Gasteiger partial charge < -0.3 is 0 Å². The minimum absolute atomic E-state index is 0.126. The molecule has 0 spiro atoms. The molecule has 9 heteroatoms. The van der Waals surface area contributed by atoms with Crippen LogP contribution in [0, 0.1) is 17.0 Å². The van der Waals surface area contributed by atoms with E-state index in [4.69, 9.17) is 11.6 Å². The summed E-state index contributed by atoms with van der Waals surface area (Å²) in [4.78, 5) is 13.8. The first-order chi connectivity index (χ1) is 9.79. The molecule has 0 atom stereocenters. The van der Waals surface area contributed by atoms with Crippen LogP contribution in [0.3, 0.4) is 0 Å². The lowest BCUT2D eigenvalue weighted by atomic mass is 10.3. The molecule has 0 aliphatic heterocycles. The Morgan fingerprint density at radius 2 is 2.00 bits per heavy atom. The Bertz CT molecular complexity index is 808. The van der Waals surface area contributed by atoms with E-state index in [1.54, 1.807) is 13.0 Å². The second-order valence-corrected chi connectivity index (χ2v) is 6.25. The quantitative estimate of drug-likeness (QED) is 0.687. The van der Waals surface area contributed by atoms with Gasteiger partial charge in [-0.3, -0.25) is 19.8 Å². The molecular formula is C12H10ClN3O4S. The highest BCUT2D eigenvalue weighted by molar-refractivity contribution is 7.92. The fraction of sp³-hybridized carbons (Fsp3) is 0.0833. The molecule has 0 radical (unpaired) electrons. The van der Waals surface area contributed by atoms with Crippen LogP contribution in [0.1, 0.15) is 5.69 Å². The van der Waals surface area contributed by atoms with Crippen LogP contribution < -0.4 is 4.72 Å². The molecule has 2 rings (SSSR count). The number of aryl methyl sites for hydroxylation is 1. The zero-order valence-electron chi connectivity index (χ0n) is 10.8. The molecule has 0 bridgehead atoms. The van der Waals surface area contributed by atoms with E-state index in [0.717, 1.165) is 6.07 Å². The normalized spacial score (nSPS) is 11.1. The van der Waals surface area contributed by atoms with Crippen molar-refractivity contribution < 1.29 is 13.3 Å². The maximum Gasteiger partial charge on any atom is 0.289 e. The summed E-state index contributed by atoms with van der Waals surface area (Å²) in [5, 5.41) is 10.7. The number of anilines is 1. The van der Waals surface area contributed by atoms with Crippen molar-refractivity contribution in [3.63, 3.8) is 0 Å². The third-order valence-corrected chi connectivity index (χ3v) is 4.27. The zero-order chi connectivity index (χ0) is 15.6. The number of hydrogen-bond donors (Lipinski definition) is 1. The van der Waals surface area contributed by atoms with Gasteiger partial charge in [-0.15, -0.1) is 0 Å². The molecule has 0 unspecified atom stereocenters. The number of aromatic nitrogens is 1. The van der Waals surface area contributed by atoms with Gasteiger partial charge in [-0.2, -0.15) is 0 Å². The Labute approximate surface area is 125 Å². The first-order valence-corrected chi connectivity index (χ1v) is 7.55. The molecule has 1 aromatic heterocycles. The highest BCUT2D eigenvalue weighted by Gasteiger charge is 2.20. The maximum absolute atomic E-state index is 12.2. The van der Waals surface area contributed by atoms with Crippen LogP contribution in [-0.4, -0.2) is 18.3 Å². The van der Waals surface area contributed by atoms with E-state index in [9.17, 15) is 18.5 Å². The Morgan fingerprint density at radius 3 is 2.62 bits per heavy atom. The molecule has 0 saturated carbocycles. The van der Waals surface area contributed by atoms with Crippen molar-refractivity contribution in [1.82, 2.24) is 4.98 Å². The van der Waals surface area contributed by atoms with Gasteiger partial charge in [0.1, 0.15) is 5.02 Å². The number of halogens is 1. The van der Waals surface area contributed by atoms with E-state index >= 15 is 0 Å². The average Bonchev–Trinajstić information content (AvgIpc) is 2.38. The number of benzene rings is 1. The predicted molar refractivity (Wildman–Crippen MR) is 77.9 cm³/mol. The number of nitro benzene ring substituents is 1. The van der Waals surface area contributed by atoms with Crippen molar-refractivity contribution in [2.24, 2.45) is 0 Å². The SMILES string of the molecule is Cc1cc(NS(=O)(=O)c2ccc(Cl)c([N+](=O)[O-])c2)ccn1. The number of sulfonamides is 1. The van der Waals surface area contributed by atoms with Gasteiger partial charge in [0.2, 0.25) is 0 Å². The third kappa shape index (κ3) is 3.47. The lowest BCUT2D eigenvalue weighted by Gasteiger charge is -2.08. The molecule has 0 fully saturated rings.